The highest BCUT2D eigenvalue weighted by Gasteiger charge is 2.60. The van der Waals surface area contributed by atoms with Crippen molar-refractivity contribution in [1.82, 2.24) is 15.4 Å². The lowest BCUT2D eigenvalue weighted by atomic mass is 10.1. The van der Waals surface area contributed by atoms with Gasteiger partial charge in [-0.25, -0.2) is 4.98 Å². The van der Waals surface area contributed by atoms with Crippen LogP contribution >= 0.6 is 34.7 Å². The predicted molar refractivity (Wildman–Crippen MR) is 115 cm³/mol. The number of rotatable bonds is 9. The Morgan fingerprint density at radius 1 is 1.44 bits per heavy atom. The number of anilines is 1. The Morgan fingerprint density at radius 2 is 2.18 bits per heavy atom. The van der Waals surface area contributed by atoms with E-state index in [9.17, 15) is 29.1 Å². The molecule has 2 aliphatic heterocycles. The minimum Gasteiger partial charge on any atom is -0.544 e. The van der Waals surface area contributed by atoms with Crippen LogP contribution in [0.5, 0.6) is 0 Å². The van der Waals surface area contributed by atoms with E-state index < -0.39 is 46.9 Å². The summed E-state index contributed by atoms with van der Waals surface area (Å²) >= 11 is 7.29. The Kier molecular flexibility index (Phi) is 7.64. The number of aliphatic carboxylic acids is 1. The van der Waals surface area contributed by atoms with Crippen LogP contribution in [0.15, 0.2) is 10.5 Å². The number of cyclic esters (lactones) is 1. The molecule has 0 aromatic carbocycles. The summed E-state index contributed by atoms with van der Waals surface area (Å²) in [6, 6.07) is 0. The second kappa shape index (κ2) is 10.1. The van der Waals surface area contributed by atoms with E-state index in [2.05, 4.69) is 20.8 Å². The van der Waals surface area contributed by atoms with Crippen LogP contribution in [0.1, 0.15) is 18.5 Å². The summed E-state index contributed by atoms with van der Waals surface area (Å²) in [5.41, 5.74) is -2.78. The van der Waals surface area contributed by atoms with Crippen molar-refractivity contribution in [2.24, 2.45) is 5.16 Å². The number of thiazole rings is 1. The highest BCUT2D eigenvalue weighted by Crippen LogP contribution is 2.39. The number of amides is 3. The topological polar surface area (TPSA) is 189 Å². The van der Waals surface area contributed by atoms with Crippen LogP contribution in [0.4, 0.5) is 5.13 Å². The third-order valence-electron chi connectivity index (χ3n) is 4.70. The Morgan fingerprint density at radius 3 is 2.74 bits per heavy atom. The number of hydrogen-bond acceptors (Lipinski definition) is 13. The van der Waals surface area contributed by atoms with Crippen molar-refractivity contribution in [2.45, 2.75) is 23.4 Å². The number of carbonyl (C=O) groups excluding carboxylic acids is 5. The maximum atomic E-state index is 13.2. The number of carboxylic acids is 1. The van der Waals surface area contributed by atoms with Gasteiger partial charge in [-0.15, -0.1) is 34.7 Å². The van der Waals surface area contributed by atoms with E-state index >= 15 is 0 Å². The van der Waals surface area contributed by atoms with Gasteiger partial charge in [-0.1, -0.05) is 5.16 Å². The van der Waals surface area contributed by atoms with Crippen LogP contribution in [0.2, 0.25) is 0 Å². The van der Waals surface area contributed by atoms with Gasteiger partial charge in [-0.2, -0.15) is 5.06 Å². The fourth-order valence-corrected chi connectivity index (χ4v) is 4.46. The van der Waals surface area contributed by atoms with Crippen molar-refractivity contribution in [3.63, 3.8) is 0 Å². The van der Waals surface area contributed by atoms with E-state index in [-0.39, 0.29) is 35.3 Å². The normalized spacial score (nSPS) is 24.7. The molecule has 2 unspecified atom stereocenters. The molecule has 2 N–H and O–H groups in total. The van der Waals surface area contributed by atoms with E-state index in [4.69, 9.17) is 26.0 Å². The van der Waals surface area contributed by atoms with Crippen LogP contribution in [-0.2, 0) is 38.4 Å². The lowest BCUT2D eigenvalue weighted by Gasteiger charge is -2.36. The first kappa shape index (κ1) is 25.7. The molecule has 2 fully saturated rings. The summed E-state index contributed by atoms with van der Waals surface area (Å²) in [4.78, 5) is 73.4. The molecule has 3 rings (SSSR count). The number of ether oxygens (including phenoxy) is 1. The molecule has 0 radical (unpaired) electrons. The Labute approximate surface area is 204 Å². The van der Waals surface area contributed by atoms with Gasteiger partial charge in [-0.3, -0.25) is 24.0 Å². The fraction of sp³-hybridized carbons (Fsp3) is 0.471. The molecule has 0 saturated carbocycles. The Bertz CT molecular complexity index is 1070. The molecule has 17 heteroatoms. The van der Waals surface area contributed by atoms with Crippen LogP contribution in [0, 0.1) is 0 Å². The van der Waals surface area contributed by atoms with Gasteiger partial charge in [0.15, 0.2) is 15.7 Å². The number of carbonyl (C=O) groups is 5. The van der Waals surface area contributed by atoms with E-state index in [1.807, 2.05) is 0 Å². The molecule has 2 atom stereocenters. The molecule has 0 spiro atoms. The van der Waals surface area contributed by atoms with Gasteiger partial charge in [0, 0.05) is 11.8 Å². The minimum atomic E-state index is -2.45. The zero-order valence-electron chi connectivity index (χ0n) is 17.6. The molecular weight excluding hydrogens is 518 g/mol. The Hall–Kier alpha value is -2.95. The number of alkyl halides is 1. The molecule has 2 aliphatic rings. The van der Waals surface area contributed by atoms with Crippen LogP contribution in [0.3, 0.4) is 0 Å². The van der Waals surface area contributed by atoms with Gasteiger partial charge in [0.25, 0.3) is 17.5 Å². The first-order chi connectivity index (χ1) is 16.1. The summed E-state index contributed by atoms with van der Waals surface area (Å²) in [7, 11) is 1.18. The van der Waals surface area contributed by atoms with Crippen LogP contribution in [-0.4, -0.2) is 81.9 Å². The minimum absolute atomic E-state index is 0.0182. The van der Waals surface area contributed by atoms with Crippen molar-refractivity contribution in [3.8, 4) is 0 Å². The zero-order chi connectivity index (χ0) is 25.1. The average Bonchev–Trinajstić information content (AvgIpc) is 3.51. The van der Waals surface area contributed by atoms with Gasteiger partial charge >= 0.3 is 5.97 Å². The van der Waals surface area contributed by atoms with E-state index in [0.717, 1.165) is 23.1 Å². The summed E-state index contributed by atoms with van der Waals surface area (Å²) in [6.07, 6.45) is 0.828. The standard InChI is InChI=1S/C17H18ClN5O9S2/c1-30-22-11(8-6-34-15(19-8)20-9(24)5-18)12(26)21-16(33-2)7-31-23(13(16)27)17(14(28)29)4-3-10(25)32-17/h6H,3-5,7H2,1-2H3,(H,21,26)(H,28,29)(H,19,20,24)/p-1/b22-11+. The smallest absolute Gasteiger partial charge is 0.308 e. The van der Waals surface area contributed by atoms with Crippen molar-refractivity contribution < 1.29 is 43.5 Å². The fourth-order valence-electron chi connectivity index (χ4n) is 3.06. The monoisotopic (exact) mass is 534 g/mol. The molecule has 1 aromatic heterocycles. The van der Waals surface area contributed by atoms with Gasteiger partial charge in [0.05, 0.1) is 6.42 Å². The van der Waals surface area contributed by atoms with Crippen molar-refractivity contribution in [2.75, 3.05) is 31.2 Å². The van der Waals surface area contributed by atoms with Crippen molar-refractivity contribution >= 4 is 75.2 Å². The zero-order valence-corrected chi connectivity index (χ0v) is 20.0. The summed E-state index contributed by atoms with van der Waals surface area (Å²) < 4.78 is 4.87. The largest absolute Gasteiger partial charge is 0.544 e. The molecule has 0 bridgehead atoms. The third kappa shape index (κ3) is 4.66. The highest BCUT2D eigenvalue weighted by atomic mass is 35.5. The number of hydroxylamine groups is 2. The van der Waals surface area contributed by atoms with Gasteiger partial charge in [0.2, 0.25) is 5.91 Å². The number of aromatic nitrogens is 1. The lowest BCUT2D eigenvalue weighted by Crippen LogP contribution is -2.63. The molecule has 3 amide bonds. The second-order valence-electron chi connectivity index (χ2n) is 6.75. The Balaban J connectivity index is 1.84. The first-order valence-corrected chi connectivity index (χ1v) is 12.0. The van der Waals surface area contributed by atoms with E-state index in [0.29, 0.717) is 5.06 Å². The van der Waals surface area contributed by atoms with Gasteiger partial charge < -0.3 is 30.1 Å². The number of hydrogen-bond donors (Lipinski definition) is 2. The second-order valence-corrected chi connectivity index (χ2v) is 8.98. The average molecular weight is 535 g/mol. The molecule has 34 heavy (non-hydrogen) atoms. The summed E-state index contributed by atoms with van der Waals surface area (Å²) in [6.45, 7) is -0.486. The number of nitrogens with one attached hydrogen (secondary N) is 2. The van der Waals surface area contributed by atoms with Crippen molar-refractivity contribution in [3.05, 3.63) is 11.1 Å². The third-order valence-corrected chi connectivity index (χ3v) is 6.79. The maximum absolute atomic E-state index is 13.2. The number of thioether (sulfide) groups is 1. The number of oxime groups is 1. The van der Waals surface area contributed by atoms with E-state index in [1.165, 1.54) is 18.7 Å². The quantitative estimate of drug-likeness (QED) is 0.122. The number of carboxylic acid groups (broad SMARTS) is 1. The maximum Gasteiger partial charge on any atom is 0.308 e. The molecule has 14 nitrogen and oxygen atoms in total. The lowest BCUT2D eigenvalue weighted by molar-refractivity contribution is -0.351. The molecule has 2 saturated heterocycles. The molecule has 0 aliphatic carbocycles. The van der Waals surface area contributed by atoms with Crippen LogP contribution in [0.25, 0.3) is 0 Å². The number of nitrogens with zero attached hydrogens (tertiary/aromatic N) is 3. The number of esters is 1. The summed E-state index contributed by atoms with van der Waals surface area (Å²) in [5, 5.41) is 22.2. The number of halogens is 1. The van der Waals surface area contributed by atoms with Gasteiger partial charge in [-0.05, 0) is 6.26 Å². The molecular formula is C17H17ClN5O9S2-. The summed E-state index contributed by atoms with van der Waals surface area (Å²) in [5.74, 6) is -5.40. The first-order valence-electron chi connectivity index (χ1n) is 9.34. The van der Waals surface area contributed by atoms with E-state index in [1.54, 1.807) is 0 Å². The highest BCUT2D eigenvalue weighted by molar-refractivity contribution is 8.00. The molecule has 184 valence electrons. The molecule has 1 aromatic rings. The van der Waals surface area contributed by atoms with Crippen LogP contribution < -0.4 is 15.7 Å². The predicted octanol–water partition coefficient (Wildman–Crippen LogP) is -1.60. The molecule has 3 heterocycles. The SMILES string of the molecule is CO/N=C(/C(=O)NC1(SC)CON(C2(C(=O)[O-])CCC(=O)O2)C1=O)c1csc(NC(=O)CCl)n1. The van der Waals surface area contributed by atoms with Crippen molar-refractivity contribution in [1.29, 1.82) is 0 Å². The van der Waals surface area contributed by atoms with Gasteiger partial charge in [0.1, 0.15) is 31.3 Å².